The van der Waals surface area contributed by atoms with Gasteiger partial charge in [0.25, 0.3) is 5.01 Å². The van der Waals surface area contributed by atoms with Crippen molar-refractivity contribution in [2.24, 2.45) is 0 Å². The van der Waals surface area contributed by atoms with Gasteiger partial charge in [0.1, 0.15) is 10.4 Å². The van der Waals surface area contributed by atoms with Crippen LogP contribution in [0.15, 0.2) is 73.0 Å². The highest BCUT2D eigenvalue weighted by Gasteiger charge is 2.37. The molecule has 156 valence electrons. The van der Waals surface area contributed by atoms with Crippen molar-refractivity contribution >= 4 is 33.3 Å². The molecule has 3 aromatic rings. The van der Waals surface area contributed by atoms with E-state index in [1.165, 1.54) is 32.2 Å². The second kappa shape index (κ2) is 8.94. The number of likely N-dealkylation sites (N-methyl/N-ethyl adjacent to an activating group) is 1. The number of thiazole rings is 1. The van der Waals surface area contributed by atoms with Gasteiger partial charge in [-0.2, -0.15) is 4.57 Å². The maximum Gasteiger partial charge on any atom is 0.263 e. The van der Waals surface area contributed by atoms with Crippen LogP contribution in [0.25, 0.3) is 16.3 Å². The summed E-state index contributed by atoms with van der Waals surface area (Å²) in [6.07, 6.45) is 8.54. The van der Waals surface area contributed by atoms with Gasteiger partial charge in [0, 0.05) is 29.9 Å². The zero-order valence-corrected chi connectivity index (χ0v) is 20.8. The van der Waals surface area contributed by atoms with Gasteiger partial charge < -0.3 is 33.6 Å². The van der Waals surface area contributed by atoms with Gasteiger partial charge in [0.05, 0.1) is 13.2 Å². The summed E-state index contributed by atoms with van der Waals surface area (Å²) in [5.74, 6) is 0.873. The molecule has 0 saturated carbocycles. The number of rotatable bonds is 5. The minimum Gasteiger partial charge on any atom is -1.00 e. The number of nitrogens with zero attached hydrogens (tertiary/aromatic N) is 2. The molecule has 0 spiro atoms. The number of halogens is 1. The van der Waals surface area contributed by atoms with Crippen LogP contribution in [0, 0.1) is 0 Å². The van der Waals surface area contributed by atoms with Gasteiger partial charge in [-0.05, 0) is 35.9 Å². The first-order valence-corrected chi connectivity index (χ1v) is 10.6. The lowest BCUT2D eigenvalue weighted by Gasteiger charge is -2.23. The Hall–Kier alpha value is -2.12. The molecule has 0 radical (unpaired) electrons. The van der Waals surface area contributed by atoms with E-state index in [1.54, 1.807) is 18.4 Å². The molecule has 5 heteroatoms. The van der Waals surface area contributed by atoms with Crippen molar-refractivity contribution in [3.05, 3.63) is 83.5 Å². The summed E-state index contributed by atoms with van der Waals surface area (Å²) in [7, 11) is 3.85. The van der Waals surface area contributed by atoms with Gasteiger partial charge in [0.2, 0.25) is 5.52 Å². The average molecular weight is 530 g/mol. The van der Waals surface area contributed by atoms with Crippen molar-refractivity contribution < 1.29 is 33.3 Å². The standard InChI is InChI=1S/C25H27N2OS.HI/c1-6-16-27-21-17-18(28-5)14-15-22(21)29-24(27)13-9-12-23-25(2,3)19-10-7-8-11-20(19)26(23)4;/h6-15,17H,1,16H2,2-5H3;1H/q+1;/p-1. The number of hydrogen-bond acceptors (Lipinski definition) is 3. The Kier molecular flexibility index (Phi) is 6.72. The summed E-state index contributed by atoms with van der Waals surface area (Å²) in [4.78, 5) is 2.30. The first-order valence-electron chi connectivity index (χ1n) is 9.80. The highest BCUT2D eigenvalue weighted by Crippen LogP contribution is 2.46. The summed E-state index contributed by atoms with van der Waals surface area (Å²) in [6.45, 7) is 9.28. The number of benzene rings is 2. The molecule has 0 amide bonds. The zero-order valence-electron chi connectivity index (χ0n) is 17.9. The molecule has 30 heavy (non-hydrogen) atoms. The number of para-hydroxylation sites is 1. The lowest BCUT2D eigenvalue weighted by Crippen LogP contribution is -3.00. The monoisotopic (exact) mass is 530 g/mol. The minimum absolute atomic E-state index is 0. The van der Waals surface area contributed by atoms with E-state index in [1.807, 2.05) is 12.1 Å². The molecule has 1 aliphatic heterocycles. The van der Waals surface area contributed by atoms with Crippen molar-refractivity contribution in [3.63, 3.8) is 0 Å². The molecule has 0 atom stereocenters. The predicted molar refractivity (Wildman–Crippen MR) is 124 cm³/mol. The molecule has 2 heterocycles. The number of methoxy groups -OCH3 is 1. The summed E-state index contributed by atoms with van der Waals surface area (Å²) >= 11 is 1.78. The number of fused-ring (bicyclic) bond motifs is 2. The Morgan fingerprint density at radius 1 is 1.20 bits per heavy atom. The molecule has 0 fully saturated rings. The third-order valence-electron chi connectivity index (χ3n) is 5.68. The van der Waals surface area contributed by atoms with E-state index in [0.29, 0.717) is 0 Å². The summed E-state index contributed by atoms with van der Waals surface area (Å²) < 4.78 is 8.93. The summed E-state index contributed by atoms with van der Waals surface area (Å²) in [5.41, 5.74) is 5.12. The molecular formula is C25H27IN2OS. The normalized spacial score (nSPS) is 16.1. The highest BCUT2D eigenvalue weighted by molar-refractivity contribution is 7.18. The quantitative estimate of drug-likeness (QED) is 0.287. The first kappa shape index (κ1) is 22.6. The largest absolute Gasteiger partial charge is 1.00 e. The van der Waals surface area contributed by atoms with E-state index >= 15 is 0 Å². The van der Waals surface area contributed by atoms with E-state index in [-0.39, 0.29) is 29.4 Å². The lowest BCUT2D eigenvalue weighted by atomic mass is 9.84. The van der Waals surface area contributed by atoms with E-state index in [4.69, 9.17) is 4.74 Å². The van der Waals surface area contributed by atoms with Crippen molar-refractivity contribution in [2.75, 3.05) is 19.1 Å². The van der Waals surface area contributed by atoms with Gasteiger partial charge >= 0.3 is 0 Å². The van der Waals surface area contributed by atoms with E-state index in [2.05, 4.69) is 91.6 Å². The number of ether oxygens (including phenoxy) is 1. The number of aromatic nitrogens is 1. The lowest BCUT2D eigenvalue weighted by molar-refractivity contribution is -0.658. The number of hydrogen-bond donors (Lipinski definition) is 0. The fourth-order valence-corrected chi connectivity index (χ4v) is 5.24. The Labute approximate surface area is 200 Å². The highest BCUT2D eigenvalue weighted by atomic mass is 127. The van der Waals surface area contributed by atoms with Crippen molar-refractivity contribution in [1.82, 2.24) is 0 Å². The Morgan fingerprint density at radius 3 is 2.67 bits per heavy atom. The van der Waals surface area contributed by atoms with Crippen LogP contribution in [-0.4, -0.2) is 14.2 Å². The van der Waals surface area contributed by atoms with Crippen LogP contribution >= 0.6 is 11.3 Å². The number of allylic oxidation sites excluding steroid dienone is 4. The molecule has 0 aliphatic carbocycles. The summed E-state index contributed by atoms with van der Waals surface area (Å²) in [6, 6.07) is 14.9. The Bertz CT molecular complexity index is 1140. The van der Waals surface area contributed by atoms with Crippen LogP contribution in [0.5, 0.6) is 5.75 Å². The van der Waals surface area contributed by atoms with Gasteiger partial charge in [-0.3, -0.25) is 0 Å². The molecule has 3 nitrogen and oxygen atoms in total. The van der Waals surface area contributed by atoms with Crippen molar-refractivity contribution in [2.45, 2.75) is 25.8 Å². The van der Waals surface area contributed by atoms with Gasteiger partial charge in [0.15, 0.2) is 6.54 Å². The molecule has 0 N–H and O–H groups in total. The van der Waals surface area contributed by atoms with E-state index in [9.17, 15) is 0 Å². The predicted octanol–water partition coefficient (Wildman–Crippen LogP) is 2.71. The second-order valence-electron chi connectivity index (χ2n) is 7.79. The van der Waals surface area contributed by atoms with Gasteiger partial charge in [-0.25, -0.2) is 0 Å². The van der Waals surface area contributed by atoms with Crippen LogP contribution in [0.1, 0.15) is 24.4 Å². The summed E-state index contributed by atoms with van der Waals surface area (Å²) in [5, 5.41) is 1.20. The first-order chi connectivity index (χ1) is 14.0. The van der Waals surface area contributed by atoms with Crippen molar-refractivity contribution in [3.8, 4) is 5.75 Å². The van der Waals surface area contributed by atoms with Crippen molar-refractivity contribution in [1.29, 1.82) is 0 Å². The fraction of sp³-hybridized carbons (Fsp3) is 0.240. The Morgan fingerprint density at radius 2 is 1.97 bits per heavy atom. The topological polar surface area (TPSA) is 16.4 Å². The average Bonchev–Trinajstić information content (AvgIpc) is 3.16. The third kappa shape index (κ3) is 3.81. The molecule has 1 aliphatic rings. The van der Waals surface area contributed by atoms with Gasteiger partial charge in [-0.1, -0.05) is 56.0 Å². The molecule has 2 aromatic carbocycles. The van der Waals surface area contributed by atoms with Crippen LogP contribution in [-0.2, 0) is 12.0 Å². The smallest absolute Gasteiger partial charge is 0.263 e. The molecule has 0 unspecified atom stereocenters. The maximum absolute atomic E-state index is 5.41. The zero-order chi connectivity index (χ0) is 20.6. The minimum atomic E-state index is -0.0136. The Balaban J connectivity index is 0.00000256. The maximum atomic E-state index is 5.41. The van der Waals surface area contributed by atoms with E-state index < -0.39 is 0 Å². The van der Waals surface area contributed by atoms with Crippen LogP contribution < -0.4 is 38.2 Å². The second-order valence-corrected chi connectivity index (χ2v) is 8.85. The molecule has 4 rings (SSSR count). The molecule has 0 bridgehead atoms. The van der Waals surface area contributed by atoms with Gasteiger partial charge in [-0.15, -0.1) is 0 Å². The van der Waals surface area contributed by atoms with Crippen LogP contribution in [0.3, 0.4) is 0 Å². The van der Waals surface area contributed by atoms with Crippen LogP contribution in [0.4, 0.5) is 5.69 Å². The fourth-order valence-electron chi connectivity index (χ4n) is 4.17. The number of anilines is 1. The third-order valence-corrected chi connectivity index (χ3v) is 6.81. The molecular weight excluding hydrogens is 503 g/mol. The molecule has 1 aromatic heterocycles. The van der Waals surface area contributed by atoms with Crippen LogP contribution in [0.2, 0.25) is 0 Å². The SMILES string of the molecule is C=CC[n+]1c(C=CC=C2N(C)c3ccccc3C2(C)C)sc2ccc(OC)cc21.[I-]. The molecule has 0 saturated heterocycles. The van der Waals surface area contributed by atoms with E-state index in [0.717, 1.165) is 12.3 Å².